The topological polar surface area (TPSA) is 61.6 Å². The zero-order valence-corrected chi connectivity index (χ0v) is 5.00. The van der Waals surface area contributed by atoms with Crippen molar-refractivity contribution in [2.24, 2.45) is 5.90 Å². The lowest BCUT2D eigenvalue weighted by Crippen LogP contribution is -2.33. The summed E-state index contributed by atoms with van der Waals surface area (Å²) in [5, 5.41) is 0. The maximum Gasteiger partial charge on any atom is 0.337 e. The van der Waals surface area contributed by atoms with Crippen LogP contribution < -0.4 is 5.90 Å². The number of cyclic esters (lactones) is 1. The van der Waals surface area contributed by atoms with Crippen molar-refractivity contribution in [3.63, 3.8) is 0 Å². The van der Waals surface area contributed by atoms with Crippen molar-refractivity contribution in [2.45, 2.75) is 18.9 Å². The second kappa shape index (κ2) is 2.80. The third-order valence-electron chi connectivity index (χ3n) is 1.28. The Balaban J connectivity index is 2.39. The molecule has 0 aliphatic carbocycles. The Morgan fingerprint density at radius 2 is 2.56 bits per heavy atom. The third kappa shape index (κ3) is 1.40. The summed E-state index contributed by atoms with van der Waals surface area (Å²) < 4.78 is 4.64. The maximum atomic E-state index is 10.6. The molecule has 1 heterocycles. The zero-order chi connectivity index (χ0) is 6.69. The highest BCUT2D eigenvalue weighted by molar-refractivity contribution is 5.75. The third-order valence-corrected chi connectivity index (χ3v) is 1.28. The molecule has 0 amide bonds. The number of nitrogens with two attached hydrogens (primary N) is 1. The van der Waals surface area contributed by atoms with E-state index in [0.29, 0.717) is 13.0 Å². The Kier molecular flexibility index (Phi) is 2.02. The second-order valence-electron chi connectivity index (χ2n) is 1.93. The van der Waals surface area contributed by atoms with Crippen molar-refractivity contribution in [2.75, 3.05) is 6.61 Å². The van der Waals surface area contributed by atoms with Crippen molar-refractivity contribution < 1.29 is 14.4 Å². The lowest BCUT2D eigenvalue weighted by Gasteiger charge is -2.17. The molecule has 0 aromatic heterocycles. The predicted molar refractivity (Wildman–Crippen MR) is 29.3 cm³/mol. The summed E-state index contributed by atoms with van der Waals surface area (Å²) in [7, 11) is 0. The van der Waals surface area contributed by atoms with Crippen LogP contribution in [0.15, 0.2) is 0 Å². The number of rotatable bonds is 1. The molecule has 1 rings (SSSR count). The van der Waals surface area contributed by atoms with E-state index in [1.54, 1.807) is 0 Å². The molecule has 4 nitrogen and oxygen atoms in total. The van der Waals surface area contributed by atoms with Gasteiger partial charge in [-0.3, -0.25) is 4.84 Å². The van der Waals surface area contributed by atoms with Crippen LogP contribution in [0.1, 0.15) is 12.8 Å². The lowest BCUT2D eigenvalue weighted by molar-refractivity contribution is -0.163. The number of carbonyl (C=O) groups excluding carboxylic acids is 1. The molecule has 1 aliphatic heterocycles. The number of hydrogen-bond donors (Lipinski definition) is 1. The van der Waals surface area contributed by atoms with Gasteiger partial charge in [0.1, 0.15) is 0 Å². The molecule has 1 fully saturated rings. The van der Waals surface area contributed by atoms with Crippen LogP contribution in [0.3, 0.4) is 0 Å². The summed E-state index contributed by atoms with van der Waals surface area (Å²) >= 11 is 0. The molecule has 0 radical (unpaired) electrons. The Morgan fingerprint density at radius 1 is 1.78 bits per heavy atom. The van der Waals surface area contributed by atoms with Gasteiger partial charge < -0.3 is 4.74 Å². The molecule has 0 aromatic carbocycles. The van der Waals surface area contributed by atoms with E-state index in [4.69, 9.17) is 5.90 Å². The van der Waals surface area contributed by atoms with E-state index in [1.165, 1.54) is 0 Å². The summed E-state index contributed by atoms with van der Waals surface area (Å²) in [5.74, 6) is 4.45. The Morgan fingerprint density at radius 3 is 3.00 bits per heavy atom. The van der Waals surface area contributed by atoms with Gasteiger partial charge in [-0.05, 0) is 12.8 Å². The van der Waals surface area contributed by atoms with E-state index >= 15 is 0 Å². The lowest BCUT2D eigenvalue weighted by atomic mass is 10.2. The molecule has 0 aromatic rings. The highest BCUT2D eigenvalue weighted by Gasteiger charge is 2.23. The summed E-state index contributed by atoms with van der Waals surface area (Å²) in [6.07, 6.45) is 0.988. The van der Waals surface area contributed by atoms with E-state index in [1.807, 2.05) is 0 Å². The molecular weight excluding hydrogens is 122 g/mol. The molecule has 1 aliphatic rings. The summed E-state index contributed by atoms with van der Waals surface area (Å²) in [4.78, 5) is 14.9. The van der Waals surface area contributed by atoms with Crippen LogP contribution in [-0.4, -0.2) is 18.7 Å². The zero-order valence-electron chi connectivity index (χ0n) is 5.00. The van der Waals surface area contributed by atoms with Crippen LogP contribution in [0.4, 0.5) is 0 Å². The van der Waals surface area contributed by atoms with E-state index in [9.17, 15) is 4.79 Å². The van der Waals surface area contributed by atoms with Crippen LogP contribution in [0, 0.1) is 0 Å². The van der Waals surface area contributed by atoms with Gasteiger partial charge in [-0.15, -0.1) is 0 Å². The average Bonchev–Trinajstić information content (AvgIpc) is 1.89. The van der Waals surface area contributed by atoms with Crippen molar-refractivity contribution in [1.82, 2.24) is 0 Å². The van der Waals surface area contributed by atoms with E-state index in [2.05, 4.69) is 9.57 Å². The Hall–Kier alpha value is -0.610. The smallest absolute Gasteiger partial charge is 0.337 e. The molecule has 52 valence electrons. The van der Waals surface area contributed by atoms with Crippen molar-refractivity contribution in [3.8, 4) is 0 Å². The van der Waals surface area contributed by atoms with Gasteiger partial charge in [0.25, 0.3) is 0 Å². The molecule has 1 saturated heterocycles. The van der Waals surface area contributed by atoms with Gasteiger partial charge in [-0.25, -0.2) is 10.7 Å². The Bertz CT molecular complexity index is 115. The van der Waals surface area contributed by atoms with Crippen LogP contribution >= 0.6 is 0 Å². The molecule has 0 spiro atoms. The minimum absolute atomic E-state index is 0.344. The van der Waals surface area contributed by atoms with E-state index in [-0.39, 0.29) is 5.97 Å². The summed E-state index contributed by atoms with van der Waals surface area (Å²) in [6, 6.07) is 0. The fourth-order valence-corrected chi connectivity index (χ4v) is 0.776. The highest BCUT2D eigenvalue weighted by atomic mass is 16.7. The number of esters is 1. The van der Waals surface area contributed by atoms with Crippen molar-refractivity contribution in [3.05, 3.63) is 0 Å². The Labute approximate surface area is 52.9 Å². The van der Waals surface area contributed by atoms with Crippen LogP contribution in [0.2, 0.25) is 0 Å². The maximum absolute atomic E-state index is 10.6. The summed E-state index contributed by atoms with van der Waals surface area (Å²) in [6.45, 7) is 0.499. The first-order valence-corrected chi connectivity index (χ1v) is 2.87. The monoisotopic (exact) mass is 131 g/mol. The molecule has 1 unspecified atom stereocenters. The average molecular weight is 131 g/mol. The molecule has 2 N–H and O–H groups in total. The first-order valence-electron chi connectivity index (χ1n) is 2.87. The van der Waals surface area contributed by atoms with Gasteiger partial charge in [0, 0.05) is 0 Å². The van der Waals surface area contributed by atoms with Crippen LogP contribution in [0.5, 0.6) is 0 Å². The van der Waals surface area contributed by atoms with Gasteiger partial charge in [-0.1, -0.05) is 0 Å². The van der Waals surface area contributed by atoms with Gasteiger partial charge in [0.05, 0.1) is 6.61 Å². The number of hydrogen-bond acceptors (Lipinski definition) is 4. The van der Waals surface area contributed by atoms with E-state index < -0.39 is 6.10 Å². The van der Waals surface area contributed by atoms with Crippen LogP contribution in [0.25, 0.3) is 0 Å². The molecule has 4 heteroatoms. The standard InChI is InChI=1S/C5H9NO3/c6-9-4-2-1-3-8-5(4)7/h4H,1-3,6H2. The minimum atomic E-state index is -0.529. The van der Waals surface area contributed by atoms with Crippen molar-refractivity contribution in [1.29, 1.82) is 0 Å². The molecule has 0 bridgehead atoms. The number of ether oxygens (including phenoxy) is 1. The SMILES string of the molecule is NOC1CCCOC1=O. The highest BCUT2D eigenvalue weighted by Crippen LogP contribution is 2.08. The molecular formula is C5H9NO3. The fourth-order valence-electron chi connectivity index (χ4n) is 0.776. The molecule has 0 saturated carbocycles. The number of carbonyl (C=O) groups is 1. The van der Waals surface area contributed by atoms with Crippen LogP contribution in [-0.2, 0) is 14.4 Å². The van der Waals surface area contributed by atoms with Gasteiger partial charge in [0.2, 0.25) is 0 Å². The van der Waals surface area contributed by atoms with Gasteiger partial charge >= 0.3 is 5.97 Å². The largest absolute Gasteiger partial charge is 0.464 e. The van der Waals surface area contributed by atoms with E-state index in [0.717, 1.165) is 6.42 Å². The molecule has 9 heavy (non-hydrogen) atoms. The fraction of sp³-hybridized carbons (Fsp3) is 0.800. The first kappa shape index (κ1) is 6.51. The molecule has 1 atom stereocenters. The normalized spacial score (nSPS) is 27.7. The first-order chi connectivity index (χ1) is 4.34. The minimum Gasteiger partial charge on any atom is -0.464 e. The van der Waals surface area contributed by atoms with Gasteiger partial charge in [-0.2, -0.15) is 0 Å². The second-order valence-corrected chi connectivity index (χ2v) is 1.93. The quantitative estimate of drug-likeness (QED) is 0.388. The van der Waals surface area contributed by atoms with Crippen molar-refractivity contribution >= 4 is 5.97 Å². The predicted octanol–water partition coefficient (Wildman–Crippen LogP) is -0.418. The van der Waals surface area contributed by atoms with Gasteiger partial charge in [0.15, 0.2) is 6.10 Å². The summed E-state index contributed by atoms with van der Waals surface area (Å²) in [5.41, 5.74) is 0.